The minimum atomic E-state index is -3.13. The molecule has 2 N–H and O–H groups in total. The third-order valence-corrected chi connectivity index (χ3v) is 6.51. The van der Waals surface area contributed by atoms with Crippen LogP contribution in [-0.4, -0.2) is 55.4 Å². The summed E-state index contributed by atoms with van der Waals surface area (Å²) in [5, 5.41) is 19.5. The molecule has 0 heterocycles. The van der Waals surface area contributed by atoms with Gasteiger partial charge in [0.1, 0.15) is 0 Å². The number of unbranched alkanes of at least 4 members (excludes halogenated alkanes) is 1. The Bertz CT molecular complexity index is 421. The molecule has 0 saturated heterocycles. The lowest BCUT2D eigenvalue weighted by molar-refractivity contribution is -0.184. The van der Waals surface area contributed by atoms with Gasteiger partial charge in [0.2, 0.25) is 0 Å². The molecule has 8 heteroatoms. The van der Waals surface area contributed by atoms with Gasteiger partial charge in [-0.1, -0.05) is 26.2 Å². The standard InChI is InChI=1S/C19H41O7P/c1-8-16(13-25-18(2,3)20)11-9-10-12-17(14-26-19(4,5)21)15-27(22,23-6)24-7/h16-17,20-21H,8-15H2,1-7H3. The quantitative estimate of drug-likeness (QED) is 0.223. The van der Waals surface area contributed by atoms with Crippen LogP contribution in [0.15, 0.2) is 0 Å². The third kappa shape index (κ3) is 14.6. The van der Waals surface area contributed by atoms with Gasteiger partial charge in [-0.3, -0.25) is 4.57 Å². The topological polar surface area (TPSA) is 94.5 Å². The van der Waals surface area contributed by atoms with E-state index in [4.69, 9.17) is 18.5 Å². The number of hydrogen-bond acceptors (Lipinski definition) is 7. The lowest BCUT2D eigenvalue weighted by Crippen LogP contribution is -2.28. The zero-order chi connectivity index (χ0) is 21.1. The van der Waals surface area contributed by atoms with E-state index in [9.17, 15) is 14.8 Å². The summed E-state index contributed by atoms with van der Waals surface area (Å²) in [6.45, 7) is 9.36. The van der Waals surface area contributed by atoms with Gasteiger partial charge >= 0.3 is 7.60 Å². The molecule has 7 nitrogen and oxygen atoms in total. The molecule has 0 spiro atoms. The van der Waals surface area contributed by atoms with Crippen LogP contribution in [0.3, 0.4) is 0 Å². The van der Waals surface area contributed by atoms with Crippen LogP contribution in [0.4, 0.5) is 0 Å². The zero-order valence-electron chi connectivity index (χ0n) is 18.2. The molecule has 2 unspecified atom stereocenters. The summed E-state index contributed by atoms with van der Waals surface area (Å²) >= 11 is 0. The third-order valence-electron chi connectivity index (χ3n) is 4.43. The van der Waals surface area contributed by atoms with E-state index in [1.807, 2.05) is 0 Å². The van der Waals surface area contributed by atoms with Crippen molar-refractivity contribution in [2.75, 3.05) is 33.6 Å². The van der Waals surface area contributed by atoms with E-state index in [0.29, 0.717) is 19.1 Å². The summed E-state index contributed by atoms with van der Waals surface area (Å²) in [7, 11) is -0.368. The normalized spacial score (nSPS) is 15.7. The lowest BCUT2D eigenvalue weighted by atomic mass is 9.97. The molecule has 0 aliphatic rings. The van der Waals surface area contributed by atoms with E-state index in [1.165, 1.54) is 14.2 Å². The smallest absolute Gasteiger partial charge is 0.330 e. The SMILES string of the molecule is CCC(CCCCC(COC(C)(C)O)CP(=O)(OC)OC)COC(C)(C)O. The Morgan fingerprint density at radius 1 is 0.852 bits per heavy atom. The largest absolute Gasteiger partial charge is 0.366 e. The minimum Gasteiger partial charge on any atom is -0.366 e. The fraction of sp³-hybridized carbons (Fsp3) is 1.00. The van der Waals surface area contributed by atoms with Crippen molar-refractivity contribution in [3.63, 3.8) is 0 Å². The van der Waals surface area contributed by atoms with Crippen molar-refractivity contribution in [3.05, 3.63) is 0 Å². The molecule has 164 valence electrons. The number of ether oxygens (including phenoxy) is 2. The Morgan fingerprint density at radius 2 is 1.26 bits per heavy atom. The van der Waals surface area contributed by atoms with Crippen molar-refractivity contribution < 1.29 is 33.3 Å². The fourth-order valence-electron chi connectivity index (χ4n) is 2.68. The van der Waals surface area contributed by atoms with Gasteiger partial charge < -0.3 is 28.7 Å². The number of rotatable bonds is 16. The maximum atomic E-state index is 12.4. The molecule has 27 heavy (non-hydrogen) atoms. The molecule has 0 aromatic carbocycles. The molecule has 0 aromatic rings. The molecule has 0 bridgehead atoms. The van der Waals surface area contributed by atoms with Gasteiger partial charge in [-0.05, 0) is 52.4 Å². The van der Waals surface area contributed by atoms with E-state index in [2.05, 4.69) is 6.92 Å². The van der Waals surface area contributed by atoms with Crippen molar-refractivity contribution in [3.8, 4) is 0 Å². The van der Waals surface area contributed by atoms with Gasteiger partial charge in [-0.15, -0.1) is 0 Å². The minimum absolute atomic E-state index is 0.0325. The number of hydrogen-bond donors (Lipinski definition) is 2. The van der Waals surface area contributed by atoms with E-state index in [-0.39, 0.29) is 12.1 Å². The molecule has 2 atom stereocenters. The van der Waals surface area contributed by atoms with Gasteiger partial charge in [-0.25, -0.2) is 0 Å². The van der Waals surface area contributed by atoms with Gasteiger partial charge in [0, 0.05) is 14.2 Å². The van der Waals surface area contributed by atoms with Crippen molar-refractivity contribution >= 4 is 7.60 Å². The van der Waals surface area contributed by atoms with Gasteiger partial charge in [0.05, 0.1) is 19.4 Å². The molecule has 0 radical (unpaired) electrons. The summed E-state index contributed by atoms with van der Waals surface area (Å²) < 4.78 is 33.5. The van der Waals surface area contributed by atoms with E-state index in [0.717, 1.165) is 32.1 Å². The Kier molecular flexibility index (Phi) is 12.5. The highest BCUT2D eigenvalue weighted by atomic mass is 31.2. The fourth-order valence-corrected chi connectivity index (χ4v) is 4.05. The molecular formula is C19H41O7P. The molecule has 0 rings (SSSR count). The average Bonchev–Trinajstić information content (AvgIpc) is 2.57. The van der Waals surface area contributed by atoms with E-state index in [1.54, 1.807) is 27.7 Å². The second-order valence-electron chi connectivity index (χ2n) is 8.10. The zero-order valence-corrected chi connectivity index (χ0v) is 19.1. The first-order valence-electron chi connectivity index (χ1n) is 9.77. The predicted octanol–water partition coefficient (Wildman–Crippen LogP) is 4.17. The average molecular weight is 413 g/mol. The first-order valence-corrected chi connectivity index (χ1v) is 11.5. The Labute approximate surface area is 165 Å². The summed E-state index contributed by atoms with van der Waals surface area (Å²) in [4.78, 5) is 0. The molecule has 0 aromatic heterocycles. The lowest BCUT2D eigenvalue weighted by Gasteiger charge is -2.26. The Hall–Kier alpha value is -0.0100. The van der Waals surface area contributed by atoms with Crippen LogP contribution < -0.4 is 0 Å². The highest BCUT2D eigenvalue weighted by Crippen LogP contribution is 2.48. The maximum Gasteiger partial charge on any atom is 0.330 e. The van der Waals surface area contributed by atoms with Crippen molar-refractivity contribution in [1.82, 2.24) is 0 Å². The first kappa shape index (κ1) is 27.0. The molecule has 0 aliphatic carbocycles. The second kappa shape index (κ2) is 12.5. The predicted molar refractivity (Wildman–Crippen MR) is 107 cm³/mol. The van der Waals surface area contributed by atoms with E-state index >= 15 is 0 Å². The van der Waals surface area contributed by atoms with Gasteiger partial charge in [0.15, 0.2) is 11.6 Å². The van der Waals surface area contributed by atoms with Gasteiger partial charge in [0.25, 0.3) is 0 Å². The molecule has 0 saturated carbocycles. The Morgan fingerprint density at radius 3 is 1.63 bits per heavy atom. The first-order chi connectivity index (χ1) is 12.3. The number of aliphatic hydroxyl groups is 2. The van der Waals surface area contributed by atoms with Crippen molar-refractivity contribution in [1.29, 1.82) is 0 Å². The highest BCUT2D eigenvalue weighted by Gasteiger charge is 2.28. The van der Waals surface area contributed by atoms with Crippen molar-refractivity contribution in [2.45, 2.75) is 78.3 Å². The molecule has 0 aliphatic heterocycles. The van der Waals surface area contributed by atoms with Crippen LogP contribution in [0.5, 0.6) is 0 Å². The second-order valence-corrected chi connectivity index (χ2v) is 10.4. The van der Waals surface area contributed by atoms with Gasteiger partial charge in [-0.2, -0.15) is 0 Å². The van der Waals surface area contributed by atoms with Crippen molar-refractivity contribution in [2.24, 2.45) is 11.8 Å². The summed E-state index contributed by atoms with van der Waals surface area (Å²) in [5.41, 5.74) is 0. The van der Waals surface area contributed by atoms with Crippen LogP contribution in [0.1, 0.15) is 66.7 Å². The maximum absolute atomic E-state index is 12.4. The molecule has 0 amide bonds. The van der Waals surface area contributed by atoms with Crippen LogP contribution in [0.25, 0.3) is 0 Å². The monoisotopic (exact) mass is 412 g/mol. The van der Waals surface area contributed by atoms with Crippen LogP contribution >= 0.6 is 7.60 Å². The molecule has 0 fully saturated rings. The summed E-state index contributed by atoms with van der Waals surface area (Å²) in [6, 6.07) is 0. The van der Waals surface area contributed by atoms with Crippen LogP contribution in [-0.2, 0) is 23.1 Å². The Balaban J connectivity index is 4.50. The van der Waals surface area contributed by atoms with Crippen LogP contribution in [0, 0.1) is 11.8 Å². The molecular weight excluding hydrogens is 371 g/mol. The summed E-state index contributed by atoms with van der Waals surface area (Å²) in [5.74, 6) is -1.97. The van der Waals surface area contributed by atoms with E-state index < -0.39 is 19.2 Å². The summed E-state index contributed by atoms with van der Waals surface area (Å²) in [6.07, 6.45) is 4.98. The highest BCUT2D eigenvalue weighted by molar-refractivity contribution is 7.53. The van der Waals surface area contributed by atoms with Crippen LogP contribution in [0.2, 0.25) is 0 Å².